The molecule has 1 heterocycles. The minimum atomic E-state index is -0.425. The predicted molar refractivity (Wildman–Crippen MR) is 53.7 cm³/mol. The first-order valence-electron chi connectivity index (χ1n) is 4.46. The van der Waals surface area contributed by atoms with Gasteiger partial charge in [-0.25, -0.2) is 4.39 Å². The van der Waals surface area contributed by atoms with Gasteiger partial charge in [-0.15, -0.1) is 0 Å². The molecule has 0 aliphatic heterocycles. The van der Waals surface area contributed by atoms with Crippen molar-refractivity contribution in [2.24, 2.45) is 5.73 Å². The molecule has 1 aromatic heterocycles. The third kappa shape index (κ3) is 1.71. The number of benzene rings is 1. The van der Waals surface area contributed by atoms with Gasteiger partial charge >= 0.3 is 0 Å². The Labute approximate surface area is 85.9 Å². The molecule has 15 heavy (non-hydrogen) atoms. The third-order valence-corrected chi connectivity index (χ3v) is 2.22. The van der Waals surface area contributed by atoms with E-state index >= 15 is 0 Å². The maximum Gasteiger partial charge on any atom is 0.128 e. The smallest absolute Gasteiger partial charge is 0.128 e. The van der Waals surface area contributed by atoms with Crippen LogP contribution < -0.4 is 5.73 Å². The average Bonchev–Trinajstić information content (AvgIpc) is 2.74. The Morgan fingerprint density at radius 2 is 2.20 bits per heavy atom. The van der Waals surface area contributed by atoms with E-state index in [4.69, 9.17) is 10.2 Å². The summed E-state index contributed by atoms with van der Waals surface area (Å²) in [5.74, 6) is -0.426. The fourth-order valence-electron chi connectivity index (χ4n) is 1.41. The van der Waals surface area contributed by atoms with Crippen molar-refractivity contribution in [2.75, 3.05) is 0 Å². The summed E-state index contributed by atoms with van der Waals surface area (Å²) in [6.45, 7) is 0.0606. The lowest BCUT2D eigenvalue weighted by atomic mass is 10.0. The molecule has 0 spiro atoms. The summed E-state index contributed by atoms with van der Waals surface area (Å²) in [7, 11) is 0. The SMILES string of the molecule is NCc1cc(O)c(-c2ccoc2)cc1F. The normalized spacial score (nSPS) is 10.5. The molecular formula is C11H10FNO2. The van der Waals surface area contributed by atoms with Crippen LogP contribution in [0.2, 0.25) is 0 Å². The largest absolute Gasteiger partial charge is 0.507 e. The zero-order chi connectivity index (χ0) is 10.8. The number of phenolic OH excluding ortho intramolecular Hbond substituents is 1. The summed E-state index contributed by atoms with van der Waals surface area (Å²) >= 11 is 0. The van der Waals surface area contributed by atoms with Gasteiger partial charge in [-0.1, -0.05) is 0 Å². The monoisotopic (exact) mass is 207 g/mol. The summed E-state index contributed by atoms with van der Waals surface area (Å²) in [4.78, 5) is 0. The van der Waals surface area contributed by atoms with Crippen molar-refractivity contribution in [1.82, 2.24) is 0 Å². The van der Waals surface area contributed by atoms with Crippen molar-refractivity contribution in [1.29, 1.82) is 0 Å². The number of hydrogen-bond donors (Lipinski definition) is 2. The minimum Gasteiger partial charge on any atom is -0.507 e. The summed E-state index contributed by atoms with van der Waals surface area (Å²) in [6, 6.07) is 4.23. The first-order valence-corrected chi connectivity index (χ1v) is 4.46. The lowest BCUT2D eigenvalue weighted by Crippen LogP contribution is -1.99. The molecule has 2 rings (SSSR count). The molecule has 0 aliphatic rings. The number of rotatable bonds is 2. The van der Waals surface area contributed by atoms with Gasteiger partial charge in [0.05, 0.1) is 12.5 Å². The van der Waals surface area contributed by atoms with Gasteiger partial charge in [-0.3, -0.25) is 0 Å². The van der Waals surface area contributed by atoms with Crippen LogP contribution in [0.4, 0.5) is 4.39 Å². The average molecular weight is 207 g/mol. The highest BCUT2D eigenvalue weighted by atomic mass is 19.1. The molecule has 0 unspecified atom stereocenters. The van der Waals surface area contributed by atoms with E-state index in [1.54, 1.807) is 6.07 Å². The molecule has 0 bridgehead atoms. The number of phenols is 1. The molecule has 0 atom stereocenters. The van der Waals surface area contributed by atoms with Gasteiger partial charge < -0.3 is 15.3 Å². The highest BCUT2D eigenvalue weighted by Crippen LogP contribution is 2.31. The van der Waals surface area contributed by atoms with Crippen LogP contribution >= 0.6 is 0 Å². The molecular weight excluding hydrogens is 197 g/mol. The van der Waals surface area contributed by atoms with E-state index < -0.39 is 5.82 Å². The Bertz CT molecular complexity index is 466. The Balaban J connectivity index is 2.55. The summed E-state index contributed by atoms with van der Waals surface area (Å²) < 4.78 is 18.3. The molecule has 0 fully saturated rings. The van der Waals surface area contributed by atoms with Crippen molar-refractivity contribution in [2.45, 2.75) is 6.54 Å². The maximum absolute atomic E-state index is 13.4. The highest BCUT2D eigenvalue weighted by Gasteiger charge is 2.10. The number of halogens is 1. The van der Waals surface area contributed by atoms with Crippen LogP contribution in [-0.4, -0.2) is 5.11 Å². The fourth-order valence-corrected chi connectivity index (χ4v) is 1.41. The van der Waals surface area contributed by atoms with Gasteiger partial charge in [-0.2, -0.15) is 0 Å². The maximum atomic E-state index is 13.4. The molecule has 78 valence electrons. The van der Waals surface area contributed by atoms with E-state index in [0.29, 0.717) is 16.7 Å². The molecule has 1 aromatic carbocycles. The summed E-state index contributed by atoms with van der Waals surface area (Å²) in [6.07, 6.45) is 2.90. The summed E-state index contributed by atoms with van der Waals surface area (Å²) in [5.41, 5.74) is 6.65. The van der Waals surface area contributed by atoms with Gasteiger partial charge in [0.1, 0.15) is 11.6 Å². The molecule has 4 heteroatoms. The number of furan rings is 1. The van der Waals surface area contributed by atoms with Gasteiger partial charge in [-0.05, 0) is 18.2 Å². The van der Waals surface area contributed by atoms with Gasteiger partial charge in [0.2, 0.25) is 0 Å². The molecule has 3 nitrogen and oxygen atoms in total. The van der Waals surface area contributed by atoms with Crippen LogP contribution in [0.15, 0.2) is 35.1 Å². The van der Waals surface area contributed by atoms with Crippen molar-refractivity contribution in [3.8, 4) is 16.9 Å². The molecule has 0 saturated heterocycles. The Morgan fingerprint density at radius 1 is 1.40 bits per heavy atom. The van der Waals surface area contributed by atoms with E-state index in [1.807, 2.05) is 0 Å². The third-order valence-electron chi connectivity index (χ3n) is 2.22. The van der Waals surface area contributed by atoms with Crippen molar-refractivity contribution in [3.63, 3.8) is 0 Å². The number of nitrogens with two attached hydrogens (primary N) is 1. The number of aromatic hydroxyl groups is 1. The van der Waals surface area contributed by atoms with Crippen LogP contribution in [0.3, 0.4) is 0 Å². The second-order valence-electron chi connectivity index (χ2n) is 3.18. The zero-order valence-electron chi connectivity index (χ0n) is 7.90. The summed E-state index contributed by atoms with van der Waals surface area (Å²) in [5, 5.41) is 9.65. The topological polar surface area (TPSA) is 59.4 Å². The number of hydrogen-bond acceptors (Lipinski definition) is 3. The predicted octanol–water partition coefficient (Wildman–Crippen LogP) is 2.25. The van der Waals surface area contributed by atoms with E-state index in [-0.39, 0.29) is 12.3 Å². The van der Waals surface area contributed by atoms with Crippen molar-refractivity contribution in [3.05, 3.63) is 42.1 Å². The van der Waals surface area contributed by atoms with E-state index in [1.165, 1.54) is 24.7 Å². The zero-order valence-corrected chi connectivity index (χ0v) is 7.90. The van der Waals surface area contributed by atoms with Crippen molar-refractivity contribution >= 4 is 0 Å². The van der Waals surface area contributed by atoms with Crippen molar-refractivity contribution < 1.29 is 13.9 Å². The Hall–Kier alpha value is -1.81. The lowest BCUT2D eigenvalue weighted by Gasteiger charge is -2.05. The Morgan fingerprint density at radius 3 is 2.80 bits per heavy atom. The Kier molecular flexibility index (Phi) is 2.43. The van der Waals surface area contributed by atoms with E-state index in [2.05, 4.69) is 0 Å². The standard InChI is InChI=1S/C11H10FNO2/c12-10-4-9(7-1-2-15-6-7)11(14)3-8(10)5-13/h1-4,6,14H,5,13H2. The first kappa shape index (κ1) is 9.73. The van der Waals surface area contributed by atoms with E-state index in [0.717, 1.165) is 0 Å². The van der Waals surface area contributed by atoms with Crippen LogP contribution in [0.1, 0.15) is 5.56 Å². The second-order valence-corrected chi connectivity index (χ2v) is 3.18. The van der Waals surface area contributed by atoms with Crippen LogP contribution in [0.5, 0.6) is 5.75 Å². The molecule has 2 aromatic rings. The van der Waals surface area contributed by atoms with Gasteiger partial charge in [0, 0.05) is 23.2 Å². The molecule has 0 aliphatic carbocycles. The lowest BCUT2D eigenvalue weighted by molar-refractivity contribution is 0.473. The molecule has 0 amide bonds. The first-order chi connectivity index (χ1) is 7.22. The van der Waals surface area contributed by atoms with Crippen LogP contribution in [0, 0.1) is 5.82 Å². The highest BCUT2D eigenvalue weighted by molar-refractivity contribution is 5.69. The molecule has 0 radical (unpaired) electrons. The molecule has 0 saturated carbocycles. The quantitative estimate of drug-likeness (QED) is 0.794. The van der Waals surface area contributed by atoms with E-state index in [9.17, 15) is 9.50 Å². The van der Waals surface area contributed by atoms with Crippen LogP contribution in [0.25, 0.3) is 11.1 Å². The second kappa shape index (κ2) is 3.74. The minimum absolute atomic E-state index is 0.00162. The molecule has 3 N–H and O–H groups in total. The fraction of sp³-hybridized carbons (Fsp3) is 0.0909. The van der Waals surface area contributed by atoms with Gasteiger partial charge in [0.15, 0.2) is 0 Å². The van der Waals surface area contributed by atoms with Crippen LogP contribution in [-0.2, 0) is 6.54 Å². The van der Waals surface area contributed by atoms with Gasteiger partial charge in [0.25, 0.3) is 0 Å².